The molecule has 0 radical (unpaired) electrons. The van der Waals surface area contributed by atoms with Gasteiger partial charge in [-0.2, -0.15) is 0 Å². The van der Waals surface area contributed by atoms with Crippen LogP contribution in [0, 0.1) is 5.92 Å². The molecule has 1 saturated heterocycles. The minimum absolute atomic E-state index is 0.00355. The molecule has 3 atom stereocenters. The Labute approximate surface area is 154 Å². The van der Waals surface area contributed by atoms with Gasteiger partial charge in [-0.15, -0.1) is 0 Å². The van der Waals surface area contributed by atoms with Gasteiger partial charge in [0.15, 0.2) is 0 Å². The van der Waals surface area contributed by atoms with E-state index in [1.807, 2.05) is 29.2 Å². The average Bonchev–Trinajstić information content (AvgIpc) is 3.21. The number of amides is 2. The number of nitrogens with one attached hydrogen (secondary N) is 1. The number of hydrogen-bond donors (Lipinski definition) is 2. The summed E-state index contributed by atoms with van der Waals surface area (Å²) in [5.41, 5.74) is 1.67. The van der Waals surface area contributed by atoms with Crippen molar-refractivity contribution in [1.29, 1.82) is 0 Å². The summed E-state index contributed by atoms with van der Waals surface area (Å²) in [6.07, 6.45) is 3.23. The molecule has 0 spiro atoms. The van der Waals surface area contributed by atoms with Gasteiger partial charge < -0.3 is 20.1 Å². The summed E-state index contributed by atoms with van der Waals surface area (Å²) < 4.78 is 5.26. The molecule has 1 aliphatic heterocycles. The van der Waals surface area contributed by atoms with Crippen LogP contribution < -0.4 is 5.32 Å². The van der Waals surface area contributed by atoms with Crippen molar-refractivity contribution in [2.75, 3.05) is 20.2 Å². The highest BCUT2D eigenvalue weighted by molar-refractivity contribution is 5.94. The lowest BCUT2D eigenvalue weighted by Gasteiger charge is -2.31. The van der Waals surface area contributed by atoms with Crippen molar-refractivity contribution in [1.82, 2.24) is 10.2 Å². The monoisotopic (exact) mass is 360 g/mol. The zero-order valence-electron chi connectivity index (χ0n) is 15.3. The van der Waals surface area contributed by atoms with Crippen molar-refractivity contribution in [3.8, 4) is 0 Å². The van der Waals surface area contributed by atoms with Crippen LogP contribution >= 0.6 is 0 Å². The van der Waals surface area contributed by atoms with Crippen LogP contribution in [0.5, 0.6) is 0 Å². The summed E-state index contributed by atoms with van der Waals surface area (Å²) in [7, 11) is 1.57. The summed E-state index contributed by atoms with van der Waals surface area (Å²) >= 11 is 0. The molecule has 2 fully saturated rings. The van der Waals surface area contributed by atoms with Gasteiger partial charge >= 0.3 is 0 Å². The van der Waals surface area contributed by atoms with E-state index >= 15 is 0 Å². The van der Waals surface area contributed by atoms with Crippen molar-refractivity contribution in [2.45, 2.75) is 50.9 Å². The number of benzene rings is 1. The summed E-state index contributed by atoms with van der Waals surface area (Å²) in [5.74, 6) is -0.0417. The van der Waals surface area contributed by atoms with Crippen LogP contribution in [-0.4, -0.2) is 54.2 Å². The highest BCUT2D eigenvalue weighted by atomic mass is 16.5. The van der Waals surface area contributed by atoms with Crippen LogP contribution in [-0.2, 0) is 16.1 Å². The Balaban J connectivity index is 1.50. The number of aliphatic hydroxyl groups is 1. The third kappa shape index (κ3) is 4.43. The largest absolute Gasteiger partial charge is 0.390 e. The highest BCUT2D eigenvalue weighted by Gasteiger charge is 2.32. The third-order valence-electron chi connectivity index (χ3n) is 5.49. The molecular weight excluding hydrogens is 332 g/mol. The van der Waals surface area contributed by atoms with E-state index in [4.69, 9.17) is 4.74 Å². The molecule has 0 bridgehead atoms. The van der Waals surface area contributed by atoms with E-state index in [1.165, 1.54) is 0 Å². The molecule has 3 unspecified atom stereocenters. The van der Waals surface area contributed by atoms with E-state index in [9.17, 15) is 14.7 Å². The summed E-state index contributed by atoms with van der Waals surface area (Å²) in [6.45, 7) is 2.12. The zero-order valence-corrected chi connectivity index (χ0v) is 15.3. The topological polar surface area (TPSA) is 78.9 Å². The maximum atomic E-state index is 12.4. The zero-order chi connectivity index (χ0) is 18.5. The lowest BCUT2D eigenvalue weighted by molar-refractivity contribution is -0.130. The van der Waals surface area contributed by atoms with Gasteiger partial charge in [0.2, 0.25) is 5.91 Å². The van der Waals surface area contributed by atoms with Crippen LogP contribution in [0.1, 0.15) is 48.0 Å². The molecule has 6 heteroatoms. The first kappa shape index (κ1) is 18.9. The van der Waals surface area contributed by atoms with Crippen LogP contribution in [0.4, 0.5) is 0 Å². The molecular formula is C20H28N2O4. The average molecular weight is 360 g/mol. The first-order valence-corrected chi connectivity index (χ1v) is 9.45. The van der Waals surface area contributed by atoms with Crippen LogP contribution in [0.2, 0.25) is 0 Å². The second-order valence-corrected chi connectivity index (χ2v) is 7.27. The molecule has 1 heterocycles. The predicted octanol–water partition coefficient (Wildman–Crippen LogP) is 1.71. The van der Waals surface area contributed by atoms with Crippen LogP contribution in [0.3, 0.4) is 0 Å². The van der Waals surface area contributed by atoms with E-state index in [0.29, 0.717) is 31.4 Å². The molecule has 3 rings (SSSR count). The van der Waals surface area contributed by atoms with E-state index in [1.54, 1.807) is 7.11 Å². The van der Waals surface area contributed by atoms with Crippen LogP contribution in [0.15, 0.2) is 24.3 Å². The number of aliphatic hydroxyl groups excluding tert-OH is 1. The number of methoxy groups -OCH3 is 1. The van der Waals surface area contributed by atoms with E-state index in [2.05, 4.69) is 5.32 Å². The van der Waals surface area contributed by atoms with E-state index in [0.717, 1.165) is 31.5 Å². The molecule has 0 aromatic heterocycles. The van der Waals surface area contributed by atoms with Crippen molar-refractivity contribution in [3.63, 3.8) is 0 Å². The minimum atomic E-state index is -0.482. The predicted molar refractivity (Wildman–Crippen MR) is 97.6 cm³/mol. The number of likely N-dealkylation sites (tertiary alicyclic amines) is 1. The van der Waals surface area contributed by atoms with Crippen molar-refractivity contribution >= 4 is 11.8 Å². The van der Waals surface area contributed by atoms with Crippen molar-refractivity contribution < 1.29 is 19.4 Å². The standard InChI is InChI=1S/C20H28N2O4/c1-26-18-12-16(8-9-17(18)23)19(24)21-13-14-4-6-15(7-5-14)20(25)22-10-2-3-11-22/h4-7,16-18,23H,2-3,8-13H2,1H3,(H,21,24). The number of carbonyl (C=O) groups is 2. The first-order chi connectivity index (χ1) is 12.6. The minimum Gasteiger partial charge on any atom is -0.390 e. The summed E-state index contributed by atoms with van der Waals surface area (Å²) in [4.78, 5) is 26.6. The Hall–Kier alpha value is -1.92. The number of ether oxygens (including phenoxy) is 1. The number of carbonyl (C=O) groups excluding carboxylic acids is 2. The molecule has 2 aliphatic rings. The molecule has 1 aromatic carbocycles. The van der Waals surface area contributed by atoms with E-state index < -0.39 is 6.10 Å². The Kier molecular flexibility index (Phi) is 6.27. The molecule has 2 N–H and O–H groups in total. The fourth-order valence-corrected chi connectivity index (χ4v) is 3.81. The highest BCUT2D eigenvalue weighted by Crippen LogP contribution is 2.26. The van der Waals surface area contributed by atoms with Crippen molar-refractivity contribution in [2.24, 2.45) is 5.92 Å². The normalized spacial score (nSPS) is 25.9. The molecule has 2 amide bonds. The van der Waals surface area contributed by atoms with Gasteiger partial charge in [-0.25, -0.2) is 0 Å². The maximum Gasteiger partial charge on any atom is 0.253 e. The molecule has 1 saturated carbocycles. The first-order valence-electron chi connectivity index (χ1n) is 9.45. The SMILES string of the molecule is COC1CC(C(=O)NCc2ccc(C(=O)N3CCCC3)cc2)CCC1O. The Morgan fingerprint density at radius 2 is 1.88 bits per heavy atom. The Morgan fingerprint density at radius 1 is 1.19 bits per heavy atom. The quantitative estimate of drug-likeness (QED) is 0.838. The molecule has 1 aromatic rings. The van der Waals surface area contributed by atoms with E-state index in [-0.39, 0.29) is 23.8 Å². The molecule has 26 heavy (non-hydrogen) atoms. The molecule has 1 aliphatic carbocycles. The molecule has 6 nitrogen and oxygen atoms in total. The smallest absolute Gasteiger partial charge is 0.253 e. The number of rotatable bonds is 5. The number of nitrogens with zero attached hydrogens (tertiary/aromatic N) is 1. The summed E-state index contributed by atoms with van der Waals surface area (Å²) in [6, 6.07) is 7.46. The lowest BCUT2D eigenvalue weighted by atomic mass is 9.84. The summed E-state index contributed by atoms with van der Waals surface area (Å²) in [5, 5.41) is 12.8. The van der Waals surface area contributed by atoms with Gasteiger partial charge in [0.1, 0.15) is 0 Å². The van der Waals surface area contributed by atoms with Gasteiger partial charge in [0.25, 0.3) is 5.91 Å². The second-order valence-electron chi connectivity index (χ2n) is 7.27. The van der Waals surface area contributed by atoms with Gasteiger partial charge in [0, 0.05) is 38.2 Å². The third-order valence-corrected chi connectivity index (χ3v) is 5.49. The fraction of sp³-hybridized carbons (Fsp3) is 0.600. The van der Waals surface area contributed by atoms with Gasteiger partial charge in [-0.3, -0.25) is 9.59 Å². The second kappa shape index (κ2) is 8.64. The fourth-order valence-electron chi connectivity index (χ4n) is 3.81. The van der Waals surface area contributed by atoms with Gasteiger partial charge in [0.05, 0.1) is 12.2 Å². The lowest BCUT2D eigenvalue weighted by Crippen LogP contribution is -2.41. The van der Waals surface area contributed by atoms with Crippen LogP contribution in [0.25, 0.3) is 0 Å². The number of hydrogen-bond acceptors (Lipinski definition) is 4. The van der Waals surface area contributed by atoms with Crippen molar-refractivity contribution in [3.05, 3.63) is 35.4 Å². The maximum absolute atomic E-state index is 12.4. The van der Waals surface area contributed by atoms with Gasteiger partial charge in [-0.1, -0.05) is 12.1 Å². The Bertz CT molecular complexity index is 625. The van der Waals surface area contributed by atoms with Gasteiger partial charge in [-0.05, 0) is 49.8 Å². The Morgan fingerprint density at radius 3 is 2.54 bits per heavy atom. The molecule has 142 valence electrons.